The van der Waals surface area contributed by atoms with E-state index in [4.69, 9.17) is 16.5 Å². The van der Waals surface area contributed by atoms with Crippen molar-refractivity contribution in [1.82, 2.24) is 10.6 Å². The van der Waals surface area contributed by atoms with Crippen molar-refractivity contribution < 1.29 is 0 Å². The van der Waals surface area contributed by atoms with Gasteiger partial charge in [-0.1, -0.05) is 134 Å². The molecule has 0 saturated heterocycles. The normalized spacial score (nSPS) is 17.5. The lowest BCUT2D eigenvalue weighted by molar-refractivity contribution is 0.410. The number of hydrogen-bond acceptors (Lipinski definition) is 7. The SMILES string of the molecule is CCC1Nc2ccccc2N1c1ccccc1-c1ccc(N)c(-c2cccc(-c3cccc(N)c3C3NC(c4ccccc4)=NC(c4ccccc4)N3)c2)c1. The molecule has 0 amide bonds. The molecule has 0 aliphatic carbocycles. The van der Waals surface area contributed by atoms with Crippen LogP contribution in [0.2, 0.25) is 0 Å². The van der Waals surface area contributed by atoms with E-state index < -0.39 is 0 Å². The molecule has 7 aromatic rings. The molecule has 7 aromatic carbocycles. The predicted molar refractivity (Wildman–Crippen MR) is 229 cm³/mol. The lowest BCUT2D eigenvalue weighted by Crippen LogP contribution is -2.45. The molecule has 7 N–H and O–H groups in total. The van der Waals surface area contributed by atoms with Crippen LogP contribution in [0.1, 0.15) is 42.4 Å². The van der Waals surface area contributed by atoms with E-state index in [0.717, 1.165) is 79.4 Å². The Kier molecular flexibility index (Phi) is 8.98. The molecule has 2 aliphatic heterocycles. The van der Waals surface area contributed by atoms with Crippen molar-refractivity contribution in [1.29, 1.82) is 0 Å². The summed E-state index contributed by atoms with van der Waals surface area (Å²) in [5.74, 6) is 0.810. The molecule has 55 heavy (non-hydrogen) atoms. The Morgan fingerprint density at radius 2 is 1.18 bits per heavy atom. The van der Waals surface area contributed by atoms with Crippen LogP contribution in [0.4, 0.5) is 28.4 Å². The number of nitrogen functional groups attached to an aromatic ring is 2. The smallest absolute Gasteiger partial charge is 0.131 e. The molecule has 7 nitrogen and oxygen atoms in total. The Bertz CT molecular complexity index is 2510. The first kappa shape index (κ1) is 34.0. The van der Waals surface area contributed by atoms with Gasteiger partial charge in [0.25, 0.3) is 0 Å². The zero-order valence-electron chi connectivity index (χ0n) is 30.7. The second-order valence-electron chi connectivity index (χ2n) is 14.1. The maximum atomic E-state index is 6.88. The van der Waals surface area contributed by atoms with Crippen molar-refractivity contribution in [2.45, 2.75) is 31.8 Å². The fourth-order valence-electron chi connectivity index (χ4n) is 7.97. The summed E-state index contributed by atoms with van der Waals surface area (Å²) in [6, 6.07) is 58.8. The van der Waals surface area contributed by atoms with Crippen LogP contribution >= 0.6 is 0 Å². The summed E-state index contributed by atoms with van der Waals surface area (Å²) < 4.78 is 0. The molecule has 0 fully saturated rings. The van der Waals surface area contributed by atoms with Gasteiger partial charge in [0.05, 0.1) is 17.1 Å². The second-order valence-corrected chi connectivity index (χ2v) is 14.1. The number of nitrogens with one attached hydrogen (secondary N) is 3. The minimum Gasteiger partial charge on any atom is -0.398 e. The molecule has 9 rings (SSSR count). The molecular weight excluding hydrogens is 675 g/mol. The van der Waals surface area contributed by atoms with Gasteiger partial charge in [-0.3, -0.25) is 5.32 Å². The summed E-state index contributed by atoms with van der Waals surface area (Å²) >= 11 is 0. The fourth-order valence-corrected chi connectivity index (χ4v) is 7.97. The van der Waals surface area contributed by atoms with E-state index >= 15 is 0 Å². The lowest BCUT2D eigenvalue weighted by Gasteiger charge is -2.34. The molecule has 3 unspecified atom stereocenters. The molecule has 0 saturated carbocycles. The highest BCUT2D eigenvalue weighted by Crippen LogP contribution is 2.45. The van der Waals surface area contributed by atoms with Crippen LogP contribution in [0.5, 0.6) is 0 Å². The second kappa shape index (κ2) is 14.5. The third-order valence-electron chi connectivity index (χ3n) is 10.7. The Morgan fingerprint density at radius 3 is 1.98 bits per heavy atom. The molecule has 7 heteroatoms. The Morgan fingerprint density at radius 1 is 0.545 bits per heavy atom. The number of benzene rings is 7. The van der Waals surface area contributed by atoms with Gasteiger partial charge >= 0.3 is 0 Å². The van der Waals surface area contributed by atoms with E-state index in [1.807, 2.05) is 54.6 Å². The van der Waals surface area contributed by atoms with E-state index in [0.29, 0.717) is 5.69 Å². The number of anilines is 5. The predicted octanol–water partition coefficient (Wildman–Crippen LogP) is 10.5. The highest BCUT2D eigenvalue weighted by Gasteiger charge is 2.31. The molecule has 270 valence electrons. The average Bonchev–Trinajstić information content (AvgIpc) is 3.63. The van der Waals surface area contributed by atoms with Gasteiger partial charge in [-0.25, -0.2) is 4.99 Å². The first-order valence-electron chi connectivity index (χ1n) is 18.9. The van der Waals surface area contributed by atoms with Crippen molar-refractivity contribution in [2.24, 2.45) is 4.99 Å². The van der Waals surface area contributed by atoms with Crippen molar-refractivity contribution in [2.75, 3.05) is 21.7 Å². The van der Waals surface area contributed by atoms with Crippen molar-refractivity contribution >= 4 is 34.3 Å². The number of rotatable bonds is 8. The van der Waals surface area contributed by atoms with Gasteiger partial charge in [-0.15, -0.1) is 0 Å². The summed E-state index contributed by atoms with van der Waals surface area (Å²) in [6.07, 6.45) is 0.514. The standard InChI is InChI=1S/C48H43N7/c1-2-44-51-41-24-10-12-26-43(41)55(44)42-25-11-9-21-36(42)35-27-28-39(49)38(30-35)34-20-13-19-33(29-34)37-22-14-23-40(50)45(37)48-53-46(31-15-5-3-6-16-31)52-47(54-48)32-17-7-4-8-18-32/h3-30,44,46,48,51,53H,2,49-50H2,1H3,(H,52,54). The van der Waals surface area contributed by atoms with Gasteiger partial charge in [0, 0.05) is 33.6 Å². The summed E-state index contributed by atoms with van der Waals surface area (Å²) in [7, 11) is 0. The summed E-state index contributed by atoms with van der Waals surface area (Å²) in [4.78, 5) is 7.53. The first-order valence-corrected chi connectivity index (χ1v) is 18.9. The zero-order valence-corrected chi connectivity index (χ0v) is 30.7. The summed E-state index contributed by atoms with van der Waals surface area (Å²) in [5.41, 5.74) is 27.9. The van der Waals surface area contributed by atoms with Crippen LogP contribution < -0.4 is 32.3 Å². The van der Waals surface area contributed by atoms with Crippen LogP contribution in [0.3, 0.4) is 0 Å². The van der Waals surface area contributed by atoms with E-state index in [1.165, 1.54) is 5.69 Å². The van der Waals surface area contributed by atoms with Gasteiger partial charge in [0.2, 0.25) is 0 Å². The number of aliphatic imine (C=N–C) groups is 1. The fraction of sp³-hybridized carbons (Fsp3) is 0.104. The number of hydrogen-bond donors (Lipinski definition) is 5. The number of nitrogens with two attached hydrogens (primary N) is 2. The topological polar surface area (TPSA) is 104 Å². The number of amidine groups is 1. The minimum atomic E-state index is -0.320. The lowest BCUT2D eigenvalue weighted by atomic mass is 9.91. The molecule has 3 atom stereocenters. The van der Waals surface area contributed by atoms with Gasteiger partial charge in [-0.05, 0) is 76.7 Å². The van der Waals surface area contributed by atoms with E-state index in [2.05, 4.69) is 143 Å². The number of nitrogens with zero attached hydrogens (tertiary/aromatic N) is 2. The average molecular weight is 718 g/mol. The van der Waals surface area contributed by atoms with Crippen LogP contribution in [0.15, 0.2) is 175 Å². The van der Waals surface area contributed by atoms with Crippen LogP contribution in [0.25, 0.3) is 33.4 Å². The monoisotopic (exact) mass is 717 g/mol. The van der Waals surface area contributed by atoms with E-state index in [-0.39, 0.29) is 18.5 Å². The highest BCUT2D eigenvalue weighted by molar-refractivity contribution is 6.00. The molecular formula is C48H43N7. The number of fused-ring (bicyclic) bond motifs is 1. The quantitative estimate of drug-likeness (QED) is 0.100. The molecule has 0 spiro atoms. The van der Waals surface area contributed by atoms with E-state index in [1.54, 1.807) is 0 Å². The molecule has 2 aliphatic rings. The molecule has 0 radical (unpaired) electrons. The van der Waals surface area contributed by atoms with Crippen LogP contribution in [-0.4, -0.2) is 12.0 Å². The zero-order chi connectivity index (χ0) is 37.3. The molecule has 2 heterocycles. The summed E-state index contributed by atoms with van der Waals surface area (Å²) in [6.45, 7) is 2.22. The van der Waals surface area contributed by atoms with Crippen molar-refractivity contribution in [3.8, 4) is 33.4 Å². The van der Waals surface area contributed by atoms with Crippen LogP contribution in [-0.2, 0) is 0 Å². The Labute approximate surface area is 322 Å². The van der Waals surface area contributed by atoms with Crippen molar-refractivity contribution in [3.05, 3.63) is 187 Å². The third-order valence-corrected chi connectivity index (χ3v) is 10.7. The maximum Gasteiger partial charge on any atom is 0.131 e. The minimum absolute atomic E-state index is 0.155. The Hall–Kier alpha value is -6.83. The van der Waals surface area contributed by atoms with E-state index in [9.17, 15) is 0 Å². The first-order chi connectivity index (χ1) is 27.1. The van der Waals surface area contributed by atoms with Gasteiger partial charge in [0.15, 0.2) is 0 Å². The number of para-hydroxylation sites is 3. The van der Waals surface area contributed by atoms with Gasteiger partial charge in [0.1, 0.15) is 24.3 Å². The molecule has 0 aromatic heterocycles. The maximum absolute atomic E-state index is 6.88. The summed E-state index contributed by atoms with van der Waals surface area (Å²) in [5, 5.41) is 11.2. The van der Waals surface area contributed by atoms with Gasteiger partial charge in [-0.2, -0.15) is 0 Å². The van der Waals surface area contributed by atoms with Gasteiger partial charge < -0.3 is 27.0 Å². The van der Waals surface area contributed by atoms with Crippen LogP contribution in [0, 0.1) is 0 Å². The highest BCUT2D eigenvalue weighted by atomic mass is 15.3. The largest absolute Gasteiger partial charge is 0.398 e. The molecule has 0 bridgehead atoms. The Balaban J connectivity index is 1.10. The van der Waals surface area contributed by atoms with Crippen molar-refractivity contribution in [3.63, 3.8) is 0 Å². The third kappa shape index (κ3) is 6.45.